The van der Waals surface area contributed by atoms with Crippen LogP contribution in [0, 0.1) is 0 Å². The van der Waals surface area contributed by atoms with E-state index in [1.165, 1.54) is 0 Å². The van der Waals surface area contributed by atoms with Gasteiger partial charge in [-0.3, -0.25) is 9.59 Å². The summed E-state index contributed by atoms with van der Waals surface area (Å²) in [7, 11) is 3.12. The van der Waals surface area contributed by atoms with Crippen molar-refractivity contribution in [1.29, 1.82) is 0 Å². The summed E-state index contributed by atoms with van der Waals surface area (Å²) in [5, 5.41) is 5.54. The summed E-state index contributed by atoms with van der Waals surface area (Å²) in [6.07, 6.45) is 1.57. The van der Waals surface area contributed by atoms with E-state index in [4.69, 9.17) is 14.2 Å². The van der Waals surface area contributed by atoms with Gasteiger partial charge in [0, 0.05) is 19.7 Å². The Morgan fingerprint density at radius 1 is 1.17 bits per heavy atom. The molecule has 1 aliphatic rings. The third kappa shape index (κ3) is 5.13. The highest BCUT2D eigenvalue weighted by atomic mass is 16.5. The van der Waals surface area contributed by atoms with Gasteiger partial charge in [0.1, 0.15) is 6.10 Å². The van der Waals surface area contributed by atoms with Crippen LogP contribution in [-0.2, 0) is 20.7 Å². The number of ether oxygens (including phenoxy) is 3. The predicted molar refractivity (Wildman–Crippen MR) is 88.2 cm³/mol. The summed E-state index contributed by atoms with van der Waals surface area (Å²) in [4.78, 5) is 23.7. The molecule has 0 radical (unpaired) electrons. The van der Waals surface area contributed by atoms with Gasteiger partial charge in [0.25, 0.3) is 0 Å². The van der Waals surface area contributed by atoms with Crippen LogP contribution in [0.15, 0.2) is 18.2 Å². The molecule has 0 aromatic heterocycles. The van der Waals surface area contributed by atoms with E-state index in [2.05, 4.69) is 10.6 Å². The third-order valence-corrected chi connectivity index (χ3v) is 3.78. The summed E-state index contributed by atoms with van der Waals surface area (Å²) in [5.41, 5.74) is 0.827. The maximum absolute atomic E-state index is 11.9. The van der Waals surface area contributed by atoms with E-state index in [0.29, 0.717) is 31.2 Å². The zero-order chi connectivity index (χ0) is 17.4. The fourth-order valence-electron chi connectivity index (χ4n) is 2.52. The summed E-state index contributed by atoms with van der Waals surface area (Å²) in [6.45, 7) is 1.40. The molecule has 0 aliphatic carbocycles. The van der Waals surface area contributed by atoms with Gasteiger partial charge in [-0.15, -0.1) is 0 Å². The highest BCUT2D eigenvalue weighted by molar-refractivity contribution is 5.81. The largest absolute Gasteiger partial charge is 0.493 e. The van der Waals surface area contributed by atoms with Gasteiger partial charge >= 0.3 is 0 Å². The first kappa shape index (κ1) is 18.1. The summed E-state index contributed by atoms with van der Waals surface area (Å²) in [6, 6.07) is 5.36. The molecule has 7 heteroatoms. The molecule has 0 saturated carbocycles. The molecule has 0 bridgehead atoms. The fourth-order valence-corrected chi connectivity index (χ4v) is 2.52. The van der Waals surface area contributed by atoms with E-state index in [9.17, 15) is 9.59 Å². The Bertz CT molecular complexity index is 570. The van der Waals surface area contributed by atoms with Crippen LogP contribution in [0.25, 0.3) is 0 Å². The molecule has 1 unspecified atom stereocenters. The number of nitrogens with one attached hydrogen (secondary N) is 2. The number of hydrogen-bond donors (Lipinski definition) is 2. The normalized spacial score (nSPS) is 16.5. The van der Waals surface area contributed by atoms with E-state index >= 15 is 0 Å². The van der Waals surface area contributed by atoms with Crippen LogP contribution in [0.5, 0.6) is 11.5 Å². The number of carbonyl (C=O) groups excluding carboxylic acids is 2. The Kier molecular flexibility index (Phi) is 6.87. The maximum atomic E-state index is 11.9. The van der Waals surface area contributed by atoms with Crippen LogP contribution < -0.4 is 20.1 Å². The second kappa shape index (κ2) is 9.12. The van der Waals surface area contributed by atoms with Gasteiger partial charge in [-0.2, -0.15) is 0 Å². The zero-order valence-corrected chi connectivity index (χ0v) is 14.1. The second-order valence-electron chi connectivity index (χ2n) is 5.51. The molecule has 1 atom stereocenters. The highest BCUT2D eigenvalue weighted by Gasteiger charge is 2.22. The Labute approximate surface area is 141 Å². The van der Waals surface area contributed by atoms with Gasteiger partial charge in [-0.1, -0.05) is 6.07 Å². The van der Waals surface area contributed by atoms with Crippen LogP contribution in [0.2, 0.25) is 0 Å². The minimum atomic E-state index is -0.340. The predicted octanol–water partition coefficient (Wildman–Crippen LogP) is 0.658. The average molecular weight is 336 g/mol. The first-order chi connectivity index (χ1) is 11.6. The van der Waals surface area contributed by atoms with Crippen molar-refractivity contribution < 1.29 is 23.8 Å². The molecule has 1 heterocycles. The van der Waals surface area contributed by atoms with E-state index in [1.807, 2.05) is 6.07 Å². The molecule has 7 nitrogen and oxygen atoms in total. The van der Waals surface area contributed by atoms with Crippen LogP contribution in [0.3, 0.4) is 0 Å². The standard InChI is InChI=1S/C17H24N2O5/c1-22-13-6-5-12(10-15(13)23-2)11-16(20)18-7-8-19-17(21)14-4-3-9-24-14/h5-6,10,14H,3-4,7-9,11H2,1-2H3,(H,18,20)(H,19,21). The highest BCUT2D eigenvalue weighted by Crippen LogP contribution is 2.27. The molecule has 2 N–H and O–H groups in total. The second-order valence-corrected chi connectivity index (χ2v) is 5.51. The topological polar surface area (TPSA) is 85.9 Å². The first-order valence-corrected chi connectivity index (χ1v) is 8.01. The molecular weight excluding hydrogens is 312 g/mol. The van der Waals surface area contributed by atoms with Crippen LogP contribution >= 0.6 is 0 Å². The Balaban J connectivity index is 1.70. The SMILES string of the molecule is COc1ccc(CC(=O)NCCNC(=O)C2CCCO2)cc1OC. The number of benzene rings is 1. The lowest BCUT2D eigenvalue weighted by Crippen LogP contribution is -2.39. The van der Waals surface area contributed by atoms with Gasteiger partial charge in [-0.25, -0.2) is 0 Å². The lowest BCUT2D eigenvalue weighted by Gasteiger charge is -2.11. The van der Waals surface area contributed by atoms with Crippen molar-refractivity contribution in [3.63, 3.8) is 0 Å². The molecular formula is C17H24N2O5. The summed E-state index contributed by atoms with van der Waals surface area (Å²) < 4.78 is 15.7. The van der Waals surface area contributed by atoms with Crippen molar-refractivity contribution >= 4 is 11.8 Å². The van der Waals surface area contributed by atoms with Crippen molar-refractivity contribution in [3.05, 3.63) is 23.8 Å². The van der Waals surface area contributed by atoms with E-state index in [1.54, 1.807) is 26.4 Å². The number of methoxy groups -OCH3 is 2. The van der Waals surface area contributed by atoms with Crippen molar-refractivity contribution in [2.45, 2.75) is 25.4 Å². The summed E-state index contributed by atoms with van der Waals surface area (Å²) >= 11 is 0. The molecule has 24 heavy (non-hydrogen) atoms. The average Bonchev–Trinajstić information content (AvgIpc) is 3.13. The quantitative estimate of drug-likeness (QED) is 0.681. The van der Waals surface area contributed by atoms with Crippen LogP contribution in [0.4, 0.5) is 0 Å². The van der Waals surface area contributed by atoms with Gasteiger partial charge in [0.05, 0.1) is 20.6 Å². The molecule has 2 amide bonds. The molecule has 1 saturated heterocycles. The molecule has 1 aliphatic heterocycles. The number of carbonyl (C=O) groups is 2. The number of hydrogen-bond acceptors (Lipinski definition) is 5. The monoisotopic (exact) mass is 336 g/mol. The maximum Gasteiger partial charge on any atom is 0.249 e. The van der Waals surface area contributed by atoms with Crippen molar-refractivity contribution in [3.8, 4) is 11.5 Å². The summed E-state index contributed by atoms with van der Waals surface area (Å²) in [5.74, 6) is 0.986. The molecule has 132 valence electrons. The third-order valence-electron chi connectivity index (χ3n) is 3.78. The lowest BCUT2D eigenvalue weighted by atomic mass is 10.1. The number of amides is 2. The van der Waals surface area contributed by atoms with Crippen molar-refractivity contribution in [2.75, 3.05) is 33.9 Å². The van der Waals surface area contributed by atoms with Gasteiger partial charge < -0.3 is 24.8 Å². The Hall–Kier alpha value is -2.28. The minimum absolute atomic E-state index is 0.110. The van der Waals surface area contributed by atoms with E-state index in [0.717, 1.165) is 18.4 Å². The van der Waals surface area contributed by atoms with Gasteiger partial charge in [-0.05, 0) is 30.5 Å². The molecule has 0 spiro atoms. The van der Waals surface area contributed by atoms with E-state index < -0.39 is 0 Å². The minimum Gasteiger partial charge on any atom is -0.493 e. The number of rotatable bonds is 8. The fraction of sp³-hybridized carbons (Fsp3) is 0.529. The first-order valence-electron chi connectivity index (χ1n) is 8.01. The van der Waals surface area contributed by atoms with Crippen LogP contribution in [0.1, 0.15) is 18.4 Å². The van der Waals surface area contributed by atoms with Crippen LogP contribution in [-0.4, -0.2) is 51.8 Å². The molecule has 1 fully saturated rings. The Morgan fingerprint density at radius 2 is 1.92 bits per heavy atom. The molecule has 2 rings (SSSR count). The zero-order valence-electron chi connectivity index (χ0n) is 14.1. The van der Waals surface area contributed by atoms with Gasteiger partial charge in [0.15, 0.2) is 11.5 Å². The van der Waals surface area contributed by atoms with Gasteiger partial charge in [0.2, 0.25) is 11.8 Å². The van der Waals surface area contributed by atoms with Crippen molar-refractivity contribution in [1.82, 2.24) is 10.6 Å². The smallest absolute Gasteiger partial charge is 0.249 e. The Morgan fingerprint density at radius 3 is 2.58 bits per heavy atom. The van der Waals surface area contributed by atoms with E-state index in [-0.39, 0.29) is 24.3 Å². The molecule has 1 aromatic carbocycles. The van der Waals surface area contributed by atoms with Crippen molar-refractivity contribution in [2.24, 2.45) is 0 Å². The lowest BCUT2D eigenvalue weighted by molar-refractivity contribution is -0.130. The molecule has 1 aromatic rings.